The fourth-order valence-corrected chi connectivity index (χ4v) is 3.37. The normalized spacial score (nSPS) is 23.6. The molecule has 1 aromatic carbocycles. The minimum absolute atomic E-state index is 0.0815. The van der Waals surface area contributed by atoms with Gasteiger partial charge in [-0.1, -0.05) is 36.2 Å². The van der Waals surface area contributed by atoms with Crippen LogP contribution in [0.4, 0.5) is 0 Å². The van der Waals surface area contributed by atoms with Crippen LogP contribution in [0.15, 0.2) is 18.2 Å². The lowest BCUT2D eigenvalue weighted by Crippen LogP contribution is -3.14. The van der Waals surface area contributed by atoms with Crippen LogP contribution >= 0.6 is 23.2 Å². The molecule has 0 bridgehead atoms. The number of quaternary nitrogens is 1. The van der Waals surface area contributed by atoms with Crippen molar-refractivity contribution in [1.82, 2.24) is 5.32 Å². The second-order valence-corrected chi connectivity index (χ2v) is 6.91. The Hall–Kier alpha value is -0.770. The molecule has 0 aromatic heterocycles. The zero-order chi connectivity index (χ0) is 15.4. The van der Waals surface area contributed by atoms with Gasteiger partial charge in [-0.3, -0.25) is 4.79 Å². The van der Waals surface area contributed by atoms with Crippen LogP contribution in [0.1, 0.15) is 38.3 Å². The first kappa shape index (κ1) is 16.6. The molecule has 1 heterocycles. The number of rotatable bonds is 4. The lowest BCUT2D eigenvalue weighted by molar-refractivity contribution is -0.898. The van der Waals surface area contributed by atoms with Gasteiger partial charge in [-0.15, -0.1) is 0 Å². The molecule has 1 fully saturated rings. The van der Waals surface area contributed by atoms with Crippen LogP contribution in [0.3, 0.4) is 0 Å². The summed E-state index contributed by atoms with van der Waals surface area (Å²) in [5.41, 5.74) is 0.900. The first-order valence-corrected chi connectivity index (χ1v) is 8.29. The van der Waals surface area contributed by atoms with Crippen LogP contribution in [0, 0.1) is 5.92 Å². The quantitative estimate of drug-likeness (QED) is 0.874. The van der Waals surface area contributed by atoms with Crippen LogP contribution in [-0.2, 0) is 4.79 Å². The fourth-order valence-electron chi connectivity index (χ4n) is 2.80. The maximum Gasteiger partial charge on any atom is 0.275 e. The van der Waals surface area contributed by atoms with Gasteiger partial charge in [0.05, 0.1) is 19.1 Å². The molecule has 1 saturated heterocycles. The third-order valence-corrected chi connectivity index (χ3v) is 4.76. The lowest BCUT2D eigenvalue weighted by atomic mass is 9.99. The summed E-state index contributed by atoms with van der Waals surface area (Å²) in [6.07, 6.45) is 2.42. The van der Waals surface area contributed by atoms with E-state index in [4.69, 9.17) is 23.2 Å². The van der Waals surface area contributed by atoms with Gasteiger partial charge in [0, 0.05) is 10.0 Å². The van der Waals surface area contributed by atoms with Crippen LogP contribution in [-0.4, -0.2) is 25.5 Å². The number of nitrogens with one attached hydrogen (secondary N) is 2. The molecule has 0 radical (unpaired) electrons. The van der Waals surface area contributed by atoms with Crippen LogP contribution in [0.2, 0.25) is 10.0 Å². The zero-order valence-corrected chi connectivity index (χ0v) is 14.1. The Labute approximate surface area is 136 Å². The molecule has 21 heavy (non-hydrogen) atoms. The van der Waals surface area contributed by atoms with Crippen molar-refractivity contribution in [3.63, 3.8) is 0 Å². The van der Waals surface area contributed by atoms with E-state index < -0.39 is 0 Å². The van der Waals surface area contributed by atoms with Gasteiger partial charge in [0.2, 0.25) is 0 Å². The molecule has 1 aliphatic rings. The third kappa shape index (κ3) is 4.87. The molecule has 2 N–H and O–H groups in total. The molecule has 1 aromatic rings. The molecular formula is C16H23Cl2N2O+. The Morgan fingerprint density at radius 2 is 2.05 bits per heavy atom. The monoisotopic (exact) mass is 329 g/mol. The predicted molar refractivity (Wildman–Crippen MR) is 87.0 cm³/mol. The number of hydrogen-bond donors (Lipinski definition) is 2. The van der Waals surface area contributed by atoms with Crippen LogP contribution < -0.4 is 10.2 Å². The molecular weight excluding hydrogens is 307 g/mol. The molecule has 0 unspecified atom stereocenters. The highest BCUT2D eigenvalue weighted by molar-refractivity contribution is 6.35. The summed E-state index contributed by atoms with van der Waals surface area (Å²) in [6, 6.07) is 5.26. The van der Waals surface area contributed by atoms with Gasteiger partial charge in [0.1, 0.15) is 0 Å². The molecule has 0 spiro atoms. The van der Waals surface area contributed by atoms with Crippen molar-refractivity contribution in [3.05, 3.63) is 33.8 Å². The topological polar surface area (TPSA) is 33.5 Å². The number of piperidine rings is 1. The Kier molecular flexibility index (Phi) is 5.91. The number of likely N-dealkylation sites (tertiary alicyclic amines) is 1. The molecule has 3 nitrogen and oxygen atoms in total. The average molecular weight is 330 g/mol. The maximum absolute atomic E-state index is 12.2. The van der Waals surface area contributed by atoms with Gasteiger partial charge < -0.3 is 10.2 Å². The second-order valence-electron chi connectivity index (χ2n) is 6.06. The second kappa shape index (κ2) is 7.48. The van der Waals surface area contributed by atoms with Crippen LogP contribution in [0.25, 0.3) is 0 Å². The SMILES string of the molecule is CC1CC[NH+](CC(=O)N[C@H](C)c2ccc(Cl)cc2Cl)CC1. The van der Waals surface area contributed by atoms with Crippen molar-refractivity contribution in [2.75, 3.05) is 19.6 Å². The van der Waals surface area contributed by atoms with E-state index in [9.17, 15) is 4.79 Å². The number of halogens is 2. The van der Waals surface area contributed by atoms with E-state index in [0.717, 1.165) is 24.6 Å². The van der Waals surface area contributed by atoms with E-state index in [0.29, 0.717) is 16.6 Å². The van der Waals surface area contributed by atoms with Crippen molar-refractivity contribution in [1.29, 1.82) is 0 Å². The van der Waals surface area contributed by atoms with Crippen molar-refractivity contribution in [2.45, 2.75) is 32.7 Å². The highest BCUT2D eigenvalue weighted by Crippen LogP contribution is 2.25. The van der Waals surface area contributed by atoms with Gasteiger partial charge in [-0.2, -0.15) is 0 Å². The van der Waals surface area contributed by atoms with Gasteiger partial charge in [0.25, 0.3) is 5.91 Å². The molecule has 0 aliphatic carbocycles. The number of carbonyl (C=O) groups is 1. The smallest absolute Gasteiger partial charge is 0.275 e. The number of hydrogen-bond acceptors (Lipinski definition) is 1. The van der Waals surface area contributed by atoms with Gasteiger partial charge in [-0.25, -0.2) is 0 Å². The molecule has 2 rings (SSSR count). The van der Waals surface area contributed by atoms with Crippen molar-refractivity contribution in [2.24, 2.45) is 5.92 Å². The Morgan fingerprint density at radius 3 is 2.67 bits per heavy atom. The van der Waals surface area contributed by atoms with Gasteiger partial charge in [-0.05, 0) is 43.4 Å². The Morgan fingerprint density at radius 1 is 1.38 bits per heavy atom. The average Bonchev–Trinajstić information content (AvgIpc) is 2.41. The lowest BCUT2D eigenvalue weighted by Gasteiger charge is -2.27. The number of carbonyl (C=O) groups excluding carboxylic acids is 1. The summed E-state index contributed by atoms with van der Waals surface area (Å²) in [7, 11) is 0. The number of amides is 1. The molecule has 5 heteroatoms. The maximum atomic E-state index is 12.2. The largest absolute Gasteiger partial charge is 0.345 e. The van der Waals surface area contributed by atoms with Gasteiger partial charge >= 0.3 is 0 Å². The standard InChI is InChI=1S/C16H22Cl2N2O/c1-11-5-7-20(8-6-11)10-16(21)19-12(2)14-4-3-13(17)9-15(14)18/h3-4,9,11-12H,5-8,10H2,1-2H3,(H,19,21)/p+1/t12-/m1/s1. The summed E-state index contributed by atoms with van der Waals surface area (Å²) in [5.74, 6) is 0.877. The van der Waals surface area contributed by atoms with Crippen molar-refractivity contribution < 1.29 is 9.69 Å². The van der Waals surface area contributed by atoms with Gasteiger partial charge in [0.15, 0.2) is 6.54 Å². The minimum Gasteiger partial charge on any atom is -0.345 e. The van der Waals surface area contributed by atoms with E-state index in [1.165, 1.54) is 17.7 Å². The van der Waals surface area contributed by atoms with E-state index in [2.05, 4.69) is 12.2 Å². The van der Waals surface area contributed by atoms with E-state index in [1.54, 1.807) is 12.1 Å². The zero-order valence-electron chi connectivity index (χ0n) is 12.6. The molecule has 1 amide bonds. The third-order valence-electron chi connectivity index (χ3n) is 4.20. The first-order chi connectivity index (χ1) is 9.95. The Bertz CT molecular complexity index is 499. The highest BCUT2D eigenvalue weighted by atomic mass is 35.5. The summed E-state index contributed by atoms with van der Waals surface area (Å²) in [6.45, 7) is 6.94. The molecule has 116 valence electrons. The summed E-state index contributed by atoms with van der Waals surface area (Å²) in [5, 5.41) is 4.23. The number of benzene rings is 1. The summed E-state index contributed by atoms with van der Waals surface area (Å²) in [4.78, 5) is 13.5. The summed E-state index contributed by atoms with van der Waals surface area (Å²) >= 11 is 12.1. The molecule has 1 aliphatic heterocycles. The van der Waals surface area contributed by atoms with Crippen LogP contribution in [0.5, 0.6) is 0 Å². The van der Waals surface area contributed by atoms with E-state index in [1.807, 2.05) is 13.0 Å². The van der Waals surface area contributed by atoms with Crippen molar-refractivity contribution >= 4 is 29.1 Å². The molecule has 1 atom stereocenters. The molecule has 0 saturated carbocycles. The Balaban J connectivity index is 1.87. The minimum atomic E-state index is -0.106. The fraction of sp³-hybridized carbons (Fsp3) is 0.562. The highest BCUT2D eigenvalue weighted by Gasteiger charge is 2.22. The van der Waals surface area contributed by atoms with E-state index >= 15 is 0 Å². The predicted octanol–water partition coefficient (Wildman–Crippen LogP) is 2.49. The first-order valence-electron chi connectivity index (χ1n) is 7.53. The van der Waals surface area contributed by atoms with Crippen molar-refractivity contribution in [3.8, 4) is 0 Å². The van der Waals surface area contributed by atoms with E-state index in [-0.39, 0.29) is 11.9 Å². The summed E-state index contributed by atoms with van der Waals surface area (Å²) < 4.78 is 0.